The van der Waals surface area contributed by atoms with E-state index >= 15 is 0 Å². The molecule has 140 valence electrons. The first-order valence-corrected chi connectivity index (χ1v) is 9.68. The first-order chi connectivity index (χ1) is 12.5. The van der Waals surface area contributed by atoms with Crippen molar-refractivity contribution < 1.29 is 9.53 Å². The van der Waals surface area contributed by atoms with Gasteiger partial charge in [0.05, 0.1) is 19.3 Å². The highest BCUT2D eigenvalue weighted by Crippen LogP contribution is 2.18. The highest BCUT2D eigenvalue weighted by Gasteiger charge is 2.17. The van der Waals surface area contributed by atoms with E-state index in [2.05, 4.69) is 15.3 Å². The minimum absolute atomic E-state index is 0.0243. The van der Waals surface area contributed by atoms with Crippen LogP contribution >= 0.6 is 11.3 Å². The summed E-state index contributed by atoms with van der Waals surface area (Å²) in [5, 5.41) is 4.96. The van der Waals surface area contributed by atoms with Gasteiger partial charge in [0.15, 0.2) is 0 Å². The zero-order valence-electron chi connectivity index (χ0n) is 15.1. The van der Waals surface area contributed by atoms with Gasteiger partial charge in [0.1, 0.15) is 0 Å². The molecule has 1 saturated heterocycles. The van der Waals surface area contributed by atoms with Gasteiger partial charge >= 0.3 is 0 Å². The third-order valence-corrected chi connectivity index (χ3v) is 5.52. The number of nitrogens with one attached hydrogen (secondary N) is 2. The molecule has 1 amide bonds. The van der Waals surface area contributed by atoms with Gasteiger partial charge < -0.3 is 15.0 Å². The number of morpholine rings is 1. The topological polar surface area (TPSA) is 87.3 Å². The molecule has 1 aliphatic heterocycles. The molecule has 1 unspecified atom stereocenters. The predicted octanol–water partition coefficient (Wildman–Crippen LogP) is 1.79. The van der Waals surface area contributed by atoms with Crippen molar-refractivity contribution in [3.63, 3.8) is 0 Å². The van der Waals surface area contributed by atoms with Crippen molar-refractivity contribution in [2.24, 2.45) is 0 Å². The van der Waals surface area contributed by atoms with Crippen LogP contribution in [-0.4, -0.2) is 42.2 Å². The standard InChI is InChI=1S/C18H24N4O3S/c1-12-14(5-6-16(23)19-13(2)15-4-3-11-26-15)17(24)21-18(20-12)22-7-9-25-10-8-22/h3-4,11,13H,5-10H2,1-2H3,(H,19,23)(H,20,21,24). The van der Waals surface area contributed by atoms with Crippen LogP contribution in [-0.2, 0) is 16.0 Å². The number of nitrogens with zero attached hydrogens (tertiary/aromatic N) is 2. The fourth-order valence-electron chi connectivity index (χ4n) is 2.98. The number of hydrogen-bond acceptors (Lipinski definition) is 6. The highest BCUT2D eigenvalue weighted by atomic mass is 32.1. The Morgan fingerprint density at radius 3 is 2.88 bits per heavy atom. The van der Waals surface area contributed by atoms with Crippen molar-refractivity contribution >= 4 is 23.2 Å². The van der Waals surface area contributed by atoms with Crippen LogP contribution in [0.25, 0.3) is 0 Å². The van der Waals surface area contributed by atoms with Crippen LogP contribution in [0.1, 0.15) is 35.5 Å². The van der Waals surface area contributed by atoms with Gasteiger partial charge in [0.2, 0.25) is 11.9 Å². The van der Waals surface area contributed by atoms with Crippen LogP contribution in [0.5, 0.6) is 0 Å². The van der Waals surface area contributed by atoms with E-state index in [0.717, 1.165) is 4.88 Å². The van der Waals surface area contributed by atoms with E-state index in [4.69, 9.17) is 4.74 Å². The molecule has 2 N–H and O–H groups in total. The molecular weight excluding hydrogens is 352 g/mol. The average molecular weight is 376 g/mol. The van der Waals surface area contributed by atoms with Crippen LogP contribution in [0.3, 0.4) is 0 Å². The summed E-state index contributed by atoms with van der Waals surface area (Å²) in [5.74, 6) is 0.511. The zero-order chi connectivity index (χ0) is 18.5. The summed E-state index contributed by atoms with van der Waals surface area (Å²) < 4.78 is 5.32. The number of rotatable bonds is 6. The summed E-state index contributed by atoms with van der Waals surface area (Å²) in [6.45, 7) is 6.47. The number of amides is 1. The number of H-pyrrole nitrogens is 1. The number of aromatic amines is 1. The second kappa shape index (κ2) is 8.46. The molecule has 3 rings (SSSR count). The predicted molar refractivity (Wildman–Crippen MR) is 102 cm³/mol. The number of hydrogen-bond donors (Lipinski definition) is 2. The largest absolute Gasteiger partial charge is 0.378 e. The summed E-state index contributed by atoms with van der Waals surface area (Å²) in [4.78, 5) is 35.1. The molecule has 0 aliphatic carbocycles. The third kappa shape index (κ3) is 4.50. The van der Waals surface area contributed by atoms with Crippen LogP contribution in [0.15, 0.2) is 22.3 Å². The van der Waals surface area contributed by atoms with E-state index in [1.165, 1.54) is 0 Å². The van der Waals surface area contributed by atoms with Crippen LogP contribution in [0.4, 0.5) is 5.95 Å². The van der Waals surface area contributed by atoms with Crippen LogP contribution < -0.4 is 15.8 Å². The highest BCUT2D eigenvalue weighted by molar-refractivity contribution is 7.10. The first kappa shape index (κ1) is 18.6. The zero-order valence-corrected chi connectivity index (χ0v) is 15.9. The van der Waals surface area contributed by atoms with Crippen LogP contribution in [0.2, 0.25) is 0 Å². The summed E-state index contributed by atoms with van der Waals surface area (Å²) >= 11 is 1.61. The minimum Gasteiger partial charge on any atom is -0.378 e. The molecule has 3 heterocycles. The molecular formula is C18H24N4O3S. The molecule has 1 fully saturated rings. The average Bonchev–Trinajstić information content (AvgIpc) is 3.16. The molecule has 8 heteroatoms. The Kier molecular flexibility index (Phi) is 6.05. The van der Waals surface area contributed by atoms with E-state index in [1.54, 1.807) is 11.3 Å². The van der Waals surface area contributed by atoms with Gasteiger partial charge in [-0.25, -0.2) is 4.98 Å². The van der Waals surface area contributed by atoms with E-state index in [1.807, 2.05) is 36.3 Å². The lowest BCUT2D eigenvalue weighted by Crippen LogP contribution is -2.38. The molecule has 26 heavy (non-hydrogen) atoms. The molecule has 0 saturated carbocycles. The fourth-order valence-corrected chi connectivity index (χ4v) is 3.71. The maximum Gasteiger partial charge on any atom is 0.255 e. The fraction of sp³-hybridized carbons (Fsp3) is 0.500. The molecule has 1 aliphatic rings. The monoisotopic (exact) mass is 376 g/mol. The minimum atomic E-state index is -0.168. The van der Waals surface area contributed by atoms with Gasteiger partial charge in [-0.15, -0.1) is 11.3 Å². The second-order valence-corrected chi connectivity index (χ2v) is 7.34. The molecule has 2 aromatic rings. The van der Waals surface area contributed by atoms with Crippen LogP contribution in [0, 0.1) is 6.92 Å². The number of carbonyl (C=O) groups excluding carboxylic acids is 1. The van der Waals surface area contributed by atoms with Gasteiger partial charge in [0, 0.05) is 35.6 Å². The van der Waals surface area contributed by atoms with Gasteiger partial charge in [-0.1, -0.05) is 6.07 Å². The lowest BCUT2D eigenvalue weighted by atomic mass is 10.1. The van der Waals surface area contributed by atoms with E-state index in [0.29, 0.717) is 49.9 Å². The van der Waals surface area contributed by atoms with Crippen molar-refractivity contribution in [2.45, 2.75) is 32.7 Å². The van der Waals surface area contributed by atoms with Gasteiger partial charge in [-0.3, -0.25) is 14.6 Å². The summed E-state index contributed by atoms with van der Waals surface area (Å²) in [6.07, 6.45) is 0.638. The van der Waals surface area contributed by atoms with Gasteiger partial charge in [0.25, 0.3) is 5.56 Å². The van der Waals surface area contributed by atoms with Crippen molar-refractivity contribution in [1.82, 2.24) is 15.3 Å². The van der Waals surface area contributed by atoms with E-state index in [-0.39, 0.29) is 23.9 Å². The Morgan fingerprint density at radius 2 is 2.23 bits per heavy atom. The van der Waals surface area contributed by atoms with Crippen molar-refractivity contribution in [1.29, 1.82) is 0 Å². The number of carbonyl (C=O) groups is 1. The molecule has 1 atom stereocenters. The van der Waals surface area contributed by atoms with Crippen molar-refractivity contribution in [2.75, 3.05) is 31.2 Å². The lowest BCUT2D eigenvalue weighted by molar-refractivity contribution is -0.121. The number of aromatic nitrogens is 2. The SMILES string of the molecule is Cc1nc(N2CCOCC2)[nH]c(=O)c1CCC(=O)NC(C)c1cccs1. The van der Waals surface area contributed by atoms with E-state index < -0.39 is 0 Å². The number of aryl methyl sites for hydroxylation is 1. The Bertz CT molecular complexity index is 797. The third-order valence-electron chi connectivity index (χ3n) is 4.47. The molecule has 2 aromatic heterocycles. The van der Waals surface area contributed by atoms with Crippen molar-refractivity contribution in [3.8, 4) is 0 Å². The Morgan fingerprint density at radius 1 is 1.46 bits per heavy atom. The molecule has 0 radical (unpaired) electrons. The Hall–Kier alpha value is -2.19. The maximum absolute atomic E-state index is 12.4. The first-order valence-electron chi connectivity index (χ1n) is 8.80. The summed E-state index contributed by atoms with van der Waals surface area (Å²) in [5.41, 5.74) is 1.08. The number of thiophene rings is 1. The Labute approximate surface area is 156 Å². The summed E-state index contributed by atoms with van der Waals surface area (Å²) in [7, 11) is 0. The number of ether oxygens (including phenoxy) is 1. The van der Waals surface area contributed by atoms with Crippen molar-refractivity contribution in [3.05, 3.63) is 44.0 Å². The maximum atomic E-state index is 12.4. The molecule has 7 nitrogen and oxygen atoms in total. The number of anilines is 1. The Balaban J connectivity index is 1.60. The molecule has 0 spiro atoms. The van der Waals surface area contributed by atoms with E-state index in [9.17, 15) is 9.59 Å². The molecule has 0 bridgehead atoms. The van der Waals surface area contributed by atoms with Gasteiger partial charge in [-0.05, 0) is 31.7 Å². The smallest absolute Gasteiger partial charge is 0.255 e. The second-order valence-electron chi connectivity index (χ2n) is 6.36. The molecule has 0 aromatic carbocycles. The summed E-state index contributed by atoms with van der Waals surface area (Å²) in [6, 6.07) is 3.94. The van der Waals surface area contributed by atoms with Gasteiger partial charge in [-0.2, -0.15) is 0 Å². The quantitative estimate of drug-likeness (QED) is 0.803. The normalized spacial score (nSPS) is 15.7. The lowest BCUT2D eigenvalue weighted by Gasteiger charge is -2.27.